The summed E-state index contributed by atoms with van der Waals surface area (Å²) in [6.45, 7) is 0.279. The predicted octanol–water partition coefficient (Wildman–Crippen LogP) is 4.73. The van der Waals surface area contributed by atoms with Gasteiger partial charge in [0.15, 0.2) is 0 Å². The second kappa shape index (κ2) is 8.66. The lowest BCUT2D eigenvalue weighted by atomic mass is 10.1. The minimum atomic E-state index is -0.505. The second-order valence-electron chi connectivity index (χ2n) is 6.25. The van der Waals surface area contributed by atoms with E-state index in [-0.39, 0.29) is 24.6 Å². The molecule has 0 saturated heterocycles. The van der Waals surface area contributed by atoms with Gasteiger partial charge < -0.3 is 15.2 Å². The van der Waals surface area contributed by atoms with Crippen LogP contribution in [0, 0.1) is 5.82 Å². The molecule has 0 bridgehead atoms. The number of amides is 1. The van der Waals surface area contributed by atoms with E-state index in [2.05, 4.69) is 20.8 Å². The number of hydrogen-bond donors (Lipinski definition) is 2. The molecule has 4 aromatic rings. The topological polar surface area (TPSA) is 80.0 Å². The van der Waals surface area contributed by atoms with Gasteiger partial charge in [0.05, 0.1) is 23.5 Å². The SMILES string of the molecule is O=C(Cc1ccccc1)Nc1cc(NCc2nc(-c3cccs3)no2)ccc1F. The first-order chi connectivity index (χ1) is 14.2. The standard InChI is InChI=1S/C21H17FN4O2S/c22-16-9-8-15(12-17(16)24-19(27)11-14-5-2-1-3-6-14)23-13-20-25-21(26-28-20)18-7-4-10-29-18/h1-10,12,23H,11,13H2,(H,24,27). The van der Waals surface area contributed by atoms with E-state index in [1.165, 1.54) is 23.5 Å². The average molecular weight is 408 g/mol. The summed E-state index contributed by atoms with van der Waals surface area (Å²) in [5.74, 6) is 0.150. The largest absolute Gasteiger partial charge is 0.376 e. The average Bonchev–Trinajstić information content (AvgIpc) is 3.41. The van der Waals surface area contributed by atoms with Crippen molar-refractivity contribution in [2.75, 3.05) is 10.6 Å². The second-order valence-corrected chi connectivity index (χ2v) is 7.20. The number of anilines is 2. The summed E-state index contributed by atoms with van der Waals surface area (Å²) < 4.78 is 19.3. The van der Waals surface area contributed by atoms with Gasteiger partial charge in [-0.3, -0.25) is 4.79 Å². The van der Waals surface area contributed by atoms with Gasteiger partial charge in [-0.15, -0.1) is 11.3 Å². The fourth-order valence-corrected chi connectivity index (χ4v) is 3.37. The van der Waals surface area contributed by atoms with Crippen LogP contribution in [0.2, 0.25) is 0 Å². The number of hydrogen-bond acceptors (Lipinski definition) is 6. The molecular weight excluding hydrogens is 391 g/mol. The first kappa shape index (κ1) is 18.8. The van der Waals surface area contributed by atoms with Gasteiger partial charge in [0.1, 0.15) is 5.82 Å². The number of carbonyl (C=O) groups excluding carboxylic acids is 1. The number of rotatable bonds is 7. The number of nitrogens with one attached hydrogen (secondary N) is 2. The van der Waals surface area contributed by atoms with Gasteiger partial charge in [-0.2, -0.15) is 4.98 Å². The number of nitrogens with zero attached hydrogens (tertiary/aromatic N) is 2. The molecule has 2 heterocycles. The van der Waals surface area contributed by atoms with Crippen molar-refractivity contribution in [2.24, 2.45) is 0 Å². The van der Waals surface area contributed by atoms with E-state index in [1.807, 2.05) is 47.8 Å². The molecule has 0 aliphatic rings. The Balaban J connectivity index is 1.38. The van der Waals surface area contributed by atoms with Crippen LogP contribution in [0.25, 0.3) is 10.7 Å². The van der Waals surface area contributed by atoms with Gasteiger partial charge in [0.25, 0.3) is 0 Å². The van der Waals surface area contributed by atoms with Gasteiger partial charge in [-0.25, -0.2) is 4.39 Å². The molecule has 29 heavy (non-hydrogen) atoms. The molecule has 0 atom stereocenters. The molecule has 0 aliphatic carbocycles. The number of halogens is 1. The zero-order valence-corrected chi connectivity index (χ0v) is 16.1. The van der Waals surface area contributed by atoms with Gasteiger partial charge in [-0.05, 0) is 35.2 Å². The first-order valence-electron chi connectivity index (χ1n) is 8.91. The summed E-state index contributed by atoms with van der Waals surface area (Å²) in [5, 5.41) is 11.6. The Hall–Kier alpha value is -3.52. The lowest BCUT2D eigenvalue weighted by Crippen LogP contribution is -2.15. The molecule has 6 nitrogen and oxygen atoms in total. The fraction of sp³-hybridized carbons (Fsp3) is 0.0952. The highest BCUT2D eigenvalue weighted by Crippen LogP contribution is 2.23. The van der Waals surface area contributed by atoms with Gasteiger partial charge in [0.2, 0.25) is 17.6 Å². The van der Waals surface area contributed by atoms with Crippen molar-refractivity contribution in [3.05, 3.63) is 83.3 Å². The van der Waals surface area contributed by atoms with Crippen molar-refractivity contribution in [1.82, 2.24) is 10.1 Å². The number of aromatic nitrogens is 2. The molecule has 8 heteroatoms. The van der Waals surface area contributed by atoms with Crippen LogP contribution in [-0.4, -0.2) is 16.0 Å². The Kier molecular flexibility index (Phi) is 5.62. The molecule has 2 N–H and O–H groups in total. The Morgan fingerprint density at radius 1 is 1.10 bits per heavy atom. The highest BCUT2D eigenvalue weighted by Gasteiger charge is 2.11. The molecule has 0 fully saturated rings. The summed E-state index contributed by atoms with van der Waals surface area (Å²) >= 11 is 1.53. The monoisotopic (exact) mass is 408 g/mol. The lowest BCUT2D eigenvalue weighted by molar-refractivity contribution is -0.115. The van der Waals surface area contributed by atoms with Crippen LogP contribution < -0.4 is 10.6 Å². The third-order valence-electron chi connectivity index (χ3n) is 4.10. The predicted molar refractivity (Wildman–Crippen MR) is 110 cm³/mol. The summed E-state index contributed by atoms with van der Waals surface area (Å²) in [6.07, 6.45) is 0.172. The maximum absolute atomic E-state index is 14.1. The maximum atomic E-state index is 14.1. The van der Waals surface area contributed by atoms with E-state index in [0.29, 0.717) is 17.4 Å². The first-order valence-corrected chi connectivity index (χ1v) is 9.79. The molecule has 1 amide bonds. The lowest BCUT2D eigenvalue weighted by Gasteiger charge is -2.10. The number of carbonyl (C=O) groups is 1. The van der Waals surface area contributed by atoms with Crippen LogP contribution >= 0.6 is 11.3 Å². The zero-order valence-electron chi connectivity index (χ0n) is 15.3. The van der Waals surface area contributed by atoms with E-state index in [4.69, 9.17) is 4.52 Å². The highest BCUT2D eigenvalue weighted by atomic mass is 32.1. The Morgan fingerprint density at radius 3 is 2.76 bits per heavy atom. The smallest absolute Gasteiger partial charge is 0.246 e. The minimum absolute atomic E-state index is 0.112. The fourth-order valence-electron chi connectivity index (χ4n) is 2.72. The summed E-state index contributed by atoms with van der Waals surface area (Å²) in [6, 6.07) is 17.5. The Bertz CT molecular complexity index is 1100. The van der Waals surface area contributed by atoms with Crippen LogP contribution in [0.1, 0.15) is 11.5 Å². The van der Waals surface area contributed by atoms with E-state index in [1.54, 1.807) is 6.07 Å². The highest BCUT2D eigenvalue weighted by molar-refractivity contribution is 7.13. The molecule has 2 aromatic heterocycles. The van der Waals surface area contributed by atoms with Gasteiger partial charge in [-0.1, -0.05) is 41.6 Å². The van der Waals surface area contributed by atoms with Gasteiger partial charge in [0, 0.05) is 5.69 Å². The van der Waals surface area contributed by atoms with Crippen LogP contribution in [0.5, 0.6) is 0 Å². The molecule has 4 rings (SSSR count). The third kappa shape index (κ3) is 4.85. The van der Waals surface area contributed by atoms with Crippen LogP contribution in [0.4, 0.5) is 15.8 Å². The van der Waals surface area contributed by atoms with Gasteiger partial charge >= 0.3 is 0 Å². The molecule has 146 valence electrons. The molecule has 0 saturated carbocycles. The zero-order chi connectivity index (χ0) is 20.1. The van der Waals surface area contributed by atoms with Crippen molar-refractivity contribution in [3.8, 4) is 10.7 Å². The maximum Gasteiger partial charge on any atom is 0.246 e. The van der Waals surface area contributed by atoms with Crippen molar-refractivity contribution in [2.45, 2.75) is 13.0 Å². The summed E-state index contributed by atoms with van der Waals surface area (Å²) in [4.78, 5) is 17.5. The Morgan fingerprint density at radius 2 is 1.97 bits per heavy atom. The number of benzene rings is 2. The van der Waals surface area contributed by atoms with Crippen molar-refractivity contribution < 1.29 is 13.7 Å². The van der Waals surface area contributed by atoms with E-state index >= 15 is 0 Å². The third-order valence-corrected chi connectivity index (χ3v) is 4.97. The van der Waals surface area contributed by atoms with Crippen LogP contribution in [0.15, 0.2) is 70.6 Å². The molecule has 0 unspecified atom stereocenters. The van der Waals surface area contributed by atoms with Crippen LogP contribution in [-0.2, 0) is 17.8 Å². The van der Waals surface area contributed by atoms with Crippen molar-refractivity contribution in [1.29, 1.82) is 0 Å². The molecule has 0 aliphatic heterocycles. The number of thiophene rings is 1. The summed E-state index contributed by atoms with van der Waals surface area (Å²) in [7, 11) is 0. The summed E-state index contributed by atoms with van der Waals surface area (Å²) in [5.41, 5.74) is 1.59. The van der Waals surface area contributed by atoms with E-state index < -0.39 is 5.82 Å². The molecule has 0 spiro atoms. The minimum Gasteiger partial charge on any atom is -0.376 e. The van der Waals surface area contributed by atoms with Crippen molar-refractivity contribution >= 4 is 28.6 Å². The molecular formula is C21H17FN4O2S. The normalized spacial score (nSPS) is 10.7. The van der Waals surface area contributed by atoms with Crippen molar-refractivity contribution in [3.63, 3.8) is 0 Å². The van der Waals surface area contributed by atoms with Crippen LogP contribution in [0.3, 0.4) is 0 Å². The quantitative estimate of drug-likeness (QED) is 0.462. The molecule has 2 aromatic carbocycles. The van der Waals surface area contributed by atoms with E-state index in [0.717, 1.165) is 10.4 Å². The molecule has 0 radical (unpaired) electrons. The van der Waals surface area contributed by atoms with E-state index in [9.17, 15) is 9.18 Å². The Labute approximate surface area is 170 Å².